The molecule has 1 heterocycles. The van der Waals surface area contributed by atoms with Crippen molar-refractivity contribution in [3.8, 4) is 0 Å². The molecule has 2 unspecified atom stereocenters. The first kappa shape index (κ1) is 14.0. The van der Waals surface area contributed by atoms with Crippen molar-refractivity contribution in [2.24, 2.45) is 0 Å². The van der Waals surface area contributed by atoms with Gasteiger partial charge in [0.2, 0.25) is 0 Å². The van der Waals surface area contributed by atoms with Crippen molar-refractivity contribution in [1.29, 1.82) is 0 Å². The number of nitrogens with zero attached hydrogens (tertiary/aromatic N) is 1. The first-order chi connectivity index (χ1) is 9.00. The van der Waals surface area contributed by atoms with E-state index in [1.54, 1.807) is 0 Å². The molecule has 1 fully saturated rings. The zero-order valence-electron chi connectivity index (χ0n) is 11.7. The Labute approximate surface area is 114 Å². The van der Waals surface area contributed by atoms with Crippen molar-refractivity contribution in [1.82, 2.24) is 4.90 Å². The summed E-state index contributed by atoms with van der Waals surface area (Å²) >= 11 is 0. The summed E-state index contributed by atoms with van der Waals surface area (Å²) in [6.45, 7) is 7.75. The zero-order chi connectivity index (χ0) is 14.0. The largest absolute Gasteiger partial charge is 0.480 e. The van der Waals surface area contributed by atoms with E-state index in [0.29, 0.717) is 13.2 Å². The quantitative estimate of drug-likeness (QED) is 0.908. The predicted octanol–water partition coefficient (Wildman–Crippen LogP) is 2.15. The Bertz CT molecular complexity index is 472. The summed E-state index contributed by atoms with van der Waals surface area (Å²) in [4.78, 5) is 13.3. The molecule has 0 aliphatic carbocycles. The lowest BCUT2D eigenvalue weighted by molar-refractivity contribution is -0.151. The maximum atomic E-state index is 11.3. The minimum atomic E-state index is -0.810. The van der Waals surface area contributed by atoms with Crippen LogP contribution in [-0.4, -0.2) is 41.8 Å². The number of ether oxygens (including phenoxy) is 1. The van der Waals surface area contributed by atoms with E-state index >= 15 is 0 Å². The van der Waals surface area contributed by atoms with Gasteiger partial charge in [0, 0.05) is 12.6 Å². The number of benzene rings is 1. The monoisotopic (exact) mass is 263 g/mol. The zero-order valence-corrected chi connectivity index (χ0v) is 11.7. The minimum Gasteiger partial charge on any atom is -0.480 e. The lowest BCUT2D eigenvalue weighted by Gasteiger charge is -2.37. The number of rotatable bonds is 3. The van der Waals surface area contributed by atoms with Gasteiger partial charge in [0.25, 0.3) is 0 Å². The maximum Gasteiger partial charge on any atom is 0.323 e. The molecular formula is C15H21NO3. The molecule has 1 N–H and O–H groups in total. The van der Waals surface area contributed by atoms with Crippen molar-refractivity contribution in [3.05, 3.63) is 34.9 Å². The van der Waals surface area contributed by atoms with Gasteiger partial charge in [0.15, 0.2) is 0 Å². The number of hydrogen-bond donors (Lipinski definition) is 1. The van der Waals surface area contributed by atoms with Crippen LogP contribution < -0.4 is 0 Å². The molecule has 1 saturated heterocycles. The highest BCUT2D eigenvalue weighted by Crippen LogP contribution is 2.26. The fourth-order valence-corrected chi connectivity index (χ4v) is 2.51. The second kappa shape index (κ2) is 5.72. The highest BCUT2D eigenvalue weighted by Gasteiger charge is 2.32. The van der Waals surface area contributed by atoms with Crippen LogP contribution in [0.2, 0.25) is 0 Å². The van der Waals surface area contributed by atoms with Crippen LogP contribution in [0.15, 0.2) is 18.2 Å². The van der Waals surface area contributed by atoms with E-state index in [1.165, 1.54) is 11.1 Å². The number of morpholine rings is 1. The van der Waals surface area contributed by atoms with Crippen LogP contribution in [0.4, 0.5) is 0 Å². The molecule has 0 amide bonds. The summed E-state index contributed by atoms with van der Waals surface area (Å²) in [5, 5.41) is 9.28. The van der Waals surface area contributed by atoms with E-state index in [2.05, 4.69) is 39.0 Å². The second-order valence-electron chi connectivity index (χ2n) is 5.19. The number of carbonyl (C=O) groups is 1. The average Bonchev–Trinajstić information content (AvgIpc) is 2.41. The number of carboxylic acids is 1. The molecule has 1 aliphatic heterocycles. The van der Waals surface area contributed by atoms with Gasteiger partial charge in [-0.25, -0.2) is 0 Å². The Kier molecular flexibility index (Phi) is 4.22. The standard InChI is InChI=1S/C15H21NO3/c1-10-4-5-13(8-11(10)2)12(3)16-6-7-19-9-14(16)15(17)18/h4-5,8,12,14H,6-7,9H2,1-3H3,(H,17,18). The SMILES string of the molecule is Cc1ccc(C(C)N2CCOCC2C(=O)O)cc1C. The average molecular weight is 263 g/mol. The van der Waals surface area contributed by atoms with Crippen LogP contribution in [-0.2, 0) is 9.53 Å². The molecule has 4 heteroatoms. The summed E-state index contributed by atoms with van der Waals surface area (Å²) in [5.41, 5.74) is 3.66. The fourth-order valence-electron chi connectivity index (χ4n) is 2.51. The van der Waals surface area contributed by atoms with Gasteiger partial charge in [-0.1, -0.05) is 18.2 Å². The van der Waals surface area contributed by atoms with Crippen molar-refractivity contribution in [2.45, 2.75) is 32.9 Å². The fraction of sp³-hybridized carbons (Fsp3) is 0.533. The van der Waals surface area contributed by atoms with Gasteiger partial charge >= 0.3 is 5.97 Å². The molecular weight excluding hydrogens is 242 g/mol. The maximum absolute atomic E-state index is 11.3. The molecule has 19 heavy (non-hydrogen) atoms. The number of aryl methyl sites for hydroxylation is 2. The van der Waals surface area contributed by atoms with Crippen LogP contribution in [0.5, 0.6) is 0 Å². The predicted molar refractivity (Wildman–Crippen MR) is 73.3 cm³/mol. The van der Waals surface area contributed by atoms with Crippen molar-refractivity contribution in [3.63, 3.8) is 0 Å². The van der Waals surface area contributed by atoms with Crippen molar-refractivity contribution >= 4 is 5.97 Å². The van der Waals surface area contributed by atoms with Gasteiger partial charge in [-0.3, -0.25) is 9.69 Å². The molecule has 0 radical (unpaired) electrons. The normalized spacial score (nSPS) is 22.2. The summed E-state index contributed by atoms with van der Waals surface area (Å²) in [5.74, 6) is -0.810. The molecule has 1 aromatic rings. The van der Waals surface area contributed by atoms with E-state index in [4.69, 9.17) is 4.74 Å². The molecule has 1 aromatic carbocycles. The lowest BCUT2D eigenvalue weighted by atomic mass is 9.99. The van der Waals surface area contributed by atoms with E-state index in [9.17, 15) is 9.90 Å². The molecule has 0 bridgehead atoms. The molecule has 0 spiro atoms. The minimum absolute atomic E-state index is 0.0873. The van der Waals surface area contributed by atoms with Gasteiger partial charge in [-0.15, -0.1) is 0 Å². The first-order valence-electron chi connectivity index (χ1n) is 6.64. The van der Waals surface area contributed by atoms with E-state index in [0.717, 1.165) is 5.56 Å². The lowest BCUT2D eigenvalue weighted by Crippen LogP contribution is -2.50. The molecule has 1 aliphatic rings. The number of carboxylic acid groups (broad SMARTS) is 1. The molecule has 4 nitrogen and oxygen atoms in total. The Morgan fingerprint density at radius 3 is 2.79 bits per heavy atom. The third kappa shape index (κ3) is 2.96. The summed E-state index contributed by atoms with van der Waals surface area (Å²) in [7, 11) is 0. The van der Waals surface area contributed by atoms with Crippen LogP contribution in [0.3, 0.4) is 0 Å². The smallest absolute Gasteiger partial charge is 0.323 e. The highest BCUT2D eigenvalue weighted by atomic mass is 16.5. The van der Waals surface area contributed by atoms with Gasteiger partial charge < -0.3 is 9.84 Å². The molecule has 0 saturated carbocycles. The van der Waals surface area contributed by atoms with Gasteiger partial charge in [-0.2, -0.15) is 0 Å². The van der Waals surface area contributed by atoms with E-state index in [-0.39, 0.29) is 12.6 Å². The van der Waals surface area contributed by atoms with Crippen LogP contribution in [0, 0.1) is 13.8 Å². The highest BCUT2D eigenvalue weighted by molar-refractivity contribution is 5.73. The third-order valence-corrected chi connectivity index (χ3v) is 3.97. The van der Waals surface area contributed by atoms with Crippen LogP contribution >= 0.6 is 0 Å². The first-order valence-corrected chi connectivity index (χ1v) is 6.64. The number of hydrogen-bond acceptors (Lipinski definition) is 3. The van der Waals surface area contributed by atoms with Crippen LogP contribution in [0.25, 0.3) is 0 Å². The topological polar surface area (TPSA) is 49.8 Å². The second-order valence-corrected chi connectivity index (χ2v) is 5.19. The summed E-state index contributed by atoms with van der Waals surface area (Å²) in [6, 6.07) is 5.86. The van der Waals surface area contributed by atoms with Crippen molar-refractivity contribution < 1.29 is 14.6 Å². The Balaban J connectivity index is 2.23. The molecule has 104 valence electrons. The number of aliphatic carboxylic acids is 1. The Morgan fingerprint density at radius 1 is 1.42 bits per heavy atom. The Morgan fingerprint density at radius 2 is 2.16 bits per heavy atom. The molecule has 0 aromatic heterocycles. The van der Waals surface area contributed by atoms with E-state index in [1.807, 2.05) is 4.90 Å². The van der Waals surface area contributed by atoms with Gasteiger partial charge in [0.05, 0.1) is 13.2 Å². The summed E-state index contributed by atoms with van der Waals surface area (Å²) in [6.07, 6.45) is 0. The third-order valence-electron chi connectivity index (χ3n) is 3.97. The van der Waals surface area contributed by atoms with Gasteiger partial charge in [-0.05, 0) is 37.5 Å². The molecule has 2 atom stereocenters. The summed E-state index contributed by atoms with van der Waals surface area (Å²) < 4.78 is 5.28. The van der Waals surface area contributed by atoms with Crippen molar-refractivity contribution in [2.75, 3.05) is 19.8 Å². The Hall–Kier alpha value is -1.39. The van der Waals surface area contributed by atoms with Gasteiger partial charge in [0.1, 0.15) is 6.04 Å². The molecule has 2 rings (SSSR count). The van der Waals surface area contributed by atoms with Crippen LogP contribution in [0.1, 0.15) is 29.7 Å². The van der Waals surface area contributed by atoms with E-state index < -0.39 is 12.0 Å².